The summed E-state index contributed by atoms with van der Waals surface area (Å²) in [6.07, 6.45) is 0. The van der Waals surface area contributed by atoms with E-state index in [1.165, 1.54) is 5.56 Å². The van der Waals surface area contributed by atoms with Crippen LogP contribution in [0.1, 0.15) is 18.5 Å². The molecule has 2 saturated heterocycles. The van der Waals surface area contributed by atoms with Crippen molar-refractivity contribution in [3.05, 3.63) is 35.9 Å². The number of rotatable bonds is 8. The third-order valence-corrected chi connectivity index (χ3v) is 5.26. The molecule has 2 aliphatic rings. The first-order valence-corrected chi connectivity index (χ1v) is 10.6. The highest BCUT2D eigenvalue weighted by Crippen LogP contribution is 2.22. The fraction of sp³-hybridized carbons (Fsp3) is 0.667. The molecule has 1 aromatic rings. The Bertz CT molecular complexity index is 578. The van der Waals surface area contributed by atoms with Crippen molar-refractivity contribution >= 4 is 29.9 Å². The zero-order valence-corrected chi connectivity index (χ0v) is 19.8. The first kappa shape index (κ1) is 24.3. The Morgan fingerprint density at radius 3 is 2.31 bits per heavy atom. The maximum absolute atomic E-state index is 5.54. The highest BCUT2D eigenvalue weighted by Gasteiger charge is 2.22. The van der Waals surface area contributed by atoms with Gasteiger partial charge in [0, 0.05) is 45.8 Å². The number of nitrogens with one attached hydrogen (secondary N) is 2. The summed E-state index contributed by atoms with van der Waals surface area (Å²) in [5.41, 5.74) is 1.32. The minimum Gasteiger partial charge on any atom is -0.379 e. The van der Waals surface area contributed by atoms with Gasteiger partial charge < -0.3 is 20.1 Å². The normalized spacial score (nSPS) is 20.0. The highest BCUT2D eigenvalue weighted by molar-refractivity contribution is 14.0. The van der Waals surface area contributed by atoms with Crippen LogP contribution in [0, 0.1) is 0 Å². The van der Waals surface area contributed by atoms with E-state index in [-0.39, 0.29) is 30.0 Å². The van der Waals surface area contributed by atoms with Gasteiger partial charge in [-0.25, -0.2) is 0 Å². The Balaban J connectivity index is 0.00000300. The number of ether oxygens (including phenoxy) is 2. The number of aliphatic imine (C=N–C) groups is 1. The van der Waals surface area contributed by atoms with Gasteiger partial charge >= 0.3 is 0 Å². The van der Waals surface area contributed by atoms with E-state index in [2.05, 4.69) is 57.7 Å². The lowest BCUT2D eigenvalue weighted by atomic mass is 10.1. The van der Waals surface area contributed by atoms with Gasteiger partial charge in [-0.05, 0) is 12.5 Å². The molecule has 0 saturated carbocycles. The van der Waals surface area contributed by atoms with E-state index in [1.54, 1.807) is 0 Å². The number of nitrogens with zero attached hydrogens (tertiary/aromatic N) is 3. The van der Waals surface area contributed by atoms with Crippen molar-refractivity contribution < 1.29 is 9.47 Å². The largest absolute Gasteiger partial charge is 0.379 e. The summed E-state index contributed by atoms with van der Waals surface area (Å²) in [6.45, 7) is 12.8. The number of hydrogen-bond donors (Lipinski definition) is 2. The predicted molar refractivity (Wildman–Crippen MR) is 128 cm³/mol. The summed E-state index contributed by atoms with van der Waals surface area (Å²) in [5, 5.41) is 6.87. The van der Waals surface area contributed by atoms with Crippen molar-refractivity contribution in [1.29, 1.82) is 0 Å². The number of halogens is 1. The van der Waals surface area contributed by atoms with Gasteiger partial charge in [-0.3, -0.25) is 14.8 Å². The fourth-order valence-electron chi connectivity index (χ4n) is 3.67. The molecule has 2 N–H and O–H groups in total. The molecule has 2 fully saturated rings. The Labute approximate surface area is 192 Å². The Kier molecular flexibility index (Phi) is 11.9. The number of benzene rings is 1. The first-order valence-electron chi connectivity index (χ1n) is 10.6. The quantitative estimate of drug-likeness (QED) is 0.310. The van der Waals surface area contributed by atoms with E-state index < -0.39 is 0 Å². The van der Waals surface area contributed by atoms with Gasteiger partial charge in [0.2, 0.25) is 0 Å². The van der Waals surface area contributed by atoms with Crippen molar-refractivity contribution in [2.24, 2.45) is 4.99 Å². The molecule has 1 atom stereocenters. The molecule has 7 nitrogen and oxygen atoms in total. The third kappa shape index (κ3) is 8.37. The molecule has 1 unspecified atom stereocenters. The number of guanidine groups is 1. The molecule has 1 aromatic carbocycles. The number of morpholine rings is 2. The lowest BCUT2D eigenvalue weighted by molar-refractivity contribution is 0.0179. The van der Waals surface area contributed by atoms with Gasteiger partial charge in [0.25, 0.3) is 0 Å². The van der Waals surface area contributed by atoms with Crippen molar-refractivity contribution in [3.63, 3.8) is 0 Å². The van der Waals surface area contributed by atoms with Gasteiger partial charge in [-0.2, -0.15) is 0 Å². The molecule has 3 rings (SSSR count). The number of hydrogen-bond acceptors (Lipinski definition) is 5. The smallest absolute Gasteiger partial charge is 0.191 e. The van der Waals surface area contributed by atoms with Crippen molar-refractivity contribution in [3.8, 4) is 0 Å². The van der Waals surface area contributed by atoms with Crippen LogP contribution in [-0.2, 0) is 9.47 Å². The summed E-state index contributed by atoms with van der Waals surface area (Å²) in [7, 11) is 0. The van der Waals surface area contributed by atoms with E-state index in [0.717, 1.165) is 84.7 Å². The fourth-order valence-corrected chi connectivity index (χ4v) is 3.67. The van der Waals surface area contributed by atoms with Gasteiger partial charge in [0.15, 0.2) is 5.96 Å². The van der Waals surface area contributed by atoms with Crippen molar-refractivity contribution in [2.45, 2.75) is 13.0 Å². The molecule has 0 amide bonds. The van der Waals surface area contributed by atoms with Crippen LogP contribution in [-0.4, -0.2) is 94.5 Å². The van der Waals surface area contributed by atoms with E-state index in [0.29, 0.717) is 0 Å². The molecule has 0 aromatic heterocycles. The molecular formula is C21H36IN5O2. The summed E-state index contributed by atoms with van der Waals surface area (Å²) >= 11 is 0. The van der Waals surface area contributed by atoms with E-state index in [9.17, 15) is 0 Å². The van der Waals surface area contributed by atoms with Gasteiger partial charge in [-0.1, -0.05) is 30.3 Å². The molecule has 8 heteroatoms. The minimum atomic E-state index is 0. The predicted octanol–water partition coefficient (Wildman–Crippen LogP) is 1.57. The summed E-state index contributed by atoms with van der Waals surface area (Å²) in [5.74, 6) is 0.893. The molecule has 164 valence electrons. The SMILES string of the molecule is CCNC(=NCC(c1ccccc1)N1CCOCC1)NCCN1CCOCC1.I. The molecule has 0 aliphatic carbocycles. The standard InChI is InChI=1S/C21H35N5O2.HI/c1-2-22-21(23-8-9-25-10-14-27-15-11-25)24-18-20(19-6-4-3-5-7-19)26-12-16-28-17-13-26;/h3-7,20H,2,8-18H2,1H3,(H2,22,23,24);1H. The van der Waals surface area contributed by atoms with Crippen LogP contribution in [0.5, 0.6) is 0 Å². The molecule has 0 spiro atoms. The zero-order chi connectivity index (χ0) is 19.4. The van der Waals surface area contributed by atoms with E-state index in [4.69, 9.17) is 14.5 Å². The minimum absolute atomic E-state index is 0. The maximum atomic E-state index is 5.54. The molecular weight excluding hydrogens is 481 g/mol. The summed E-state index contributed by atoms with van der Waals surface area (Å²) in [4.78, 5) is 9.83. The third-order valence-electron chi connectivity index (χ3n) is 5.26. The highest BCUT2D eigenvalue weighted by atomic mass is 127. The van der Waals surface area contributed by atoms with Gasteiger partial charge in [0.1, 0.15) is 0 Å². The van der Waals surface area contributed by atoms with Crippen LogP contribution in [0.4, 0.5) is 0 Å². The molecule has 29 heavy (non-hydrogen) atoms. The van der Waals surface area contributed by atoms with Crippen LogP contribution in [0.3, 0.4) is 0 Å². The lowest BCUT2D eigenvalue weighted by Crippen LogP contribution is -2.45. The van der Waals surface area contributed by atoms with E-state index >= 15 is 0 Å². The second-order valence-electron chi connectivity index (χ2n) is 7.18. The second kappa shape index (κ2) is 14.1. The average molecular weight is 517 g/mol. The lowest BCUT2D eigenvalue weighted by Gasteiger charge is -2.34. The summed E-state index contributed by atoms with van der Waals surface area (Å²) in [6, 6.07) is 11.0. The van der Waals surface area contributed by atoms with Gasteiger partial charge in [-0.15, -0.1) is 24.0 Å². The summed E-state index contributed by atoms with van der Waals surface area (Å²) < 4.78 is 11.0. The Morgan fingerprint density at radius 2 is 1.66 bits per heavy atom. The van der Waals surface area contributed by atoms with Crippen LogP contribution in [0.25, 0.3) is 0 Å². The van der Waals surface area contributed by atoms with Crippen LogP contribution in [0.2, 0.25) is 0 Å². The zero-order valence-electron chi connectivity index (χ0n) is 17.5. The Morgan fingerprint density at radius 1 is 1.00 bits per heavy atom. The molecule has 0 bridgehead atoms. The second-order valence-corrected chi connectivity index (χ2v) is 7.18. The molecule has 0 radical (unpaired) electrons. The van der Waals surface area contributed by atoms with Crippen LogP contribution >= 0.6 is 24.0 Å². The van der Waals surface area contributed by atoms with E-state index in [1.807, 2.05) is 0 Å². The van der Waals surface area contributed by atoms with Gasteiger partial charge in [0.05, 0.1) is 39.0 Å². The molecule has 2 aliphatic heterocycles. The topological polar surface area (TPSA) is 61.4 Å². The monoisotopic (exact) mass is 517 g/mol. The molecule has 2 heterocycles. The van der Waals surface area contributed by atoms with Crippen molar-refractivity contribution in [2.75, 3.05) is 78.8 Å². The first-order chi connectivity index (χ1) is 13.9. The van der Waals surface area contributed by atoms with Crippen LogP contribution < -0.4 is 10.6 Å². The van der Waals surface area contributed by atoms with Crippen LogP contribution in [0.15, 0.2) is 35.3 Å². The maximum Gasteiger partial charge on any atom is 0.191 e. The van der Waals surface area contributed by atoms with Crippen molar-refractivity contribution in [1.82, 2.24) is 20.4 Å². The average Bonchev–Trinajstić information content (AvgIpc) is 2.76. The Hall–Kier alpha value is -0.940.